The lowest BCUT2D eigenvalue weighted by atomic mass is 10.00. The maximum absolute atomic E-state index is 13.2. The minimum atomic E-state index is -0.414. The first kappa shape index (κ1) is 25.0. The number of rotatable bonds is 10. The van der Waals surface area contributed by atoms with Gasteiger partial charge in [0.1, 0.15) is 17.7 Å². The molecule has 0 fully saturated rings. The molecule has 1 amide bonds. The van der Waals surface area contributed by atoms with Crippen LogP contribution in [0.25, 0.3) is 0 Å². The first-order valence-electron chi connectivity index (χ1n) is 11.5. The van der Waals surface area contributed by atoms with E-state index in [0.717, 1.165) is 17.7 Å². The summed E-state index contributed by atoms with van der Waals surface area (Å²) in [6.07, 6.45) is 1.77. The summed E-state index contributed by atoms with van der Waals surface area (Å²) < 4.78 is 19.6. The van der Waals surface area contributed by atoms with Gasteiger partial charge in [0, 0.05) is 29.1 Å². The maximum atomic E-state index is 13.2. The van der Waals surface area contributed by atoms with Crippen molar-refractivity contribution in [1.29, 1.82) is 5.41 Å². The summed E-state index contributed by atoms with van der Waals surface area (Å²) in [4.78, 5) is 12.4. The molecule has 0 aliphatic heterocycles. The van der Waals surface area contributed by atoms with Gasteiger partial charge in [0.25, 0.3) is 0 Å². The number of benzene rings is 3. The molecule has 0 spiro atoms. The van der Waals surface area contributed by atoms with Gasteiger partial charge in [0.05, 0.1) is 6.04 Å². The van der Waals surface area contributed by atoms with Crippen molar-refractivity contribution in [3.05, 3.63) is 89.2 Å². The molecule has 3 rings (SSSR count). The quantitative estimate of drug-likeness (QED) is 0.305. The fraction of sp³-hybridized carbons (Fsp3) is 0.286. The molecule has 0 saturated heterocycles. The number of carbonyl (C=O) groups excluding carboxylic acids is 1. The van der Waals surface area contributed by atoms with Crippen LogP contribution in [0.1, 0.15) is 50.5 Å². The Kier molecular flexibility index (Phi) is 8.41. The lowest BCUT2D eigenvalue weighted by Crippen LogP contribution is -2.41. The van der Waals surface area contributed by atoms with Crippen LogP contribution in [0.15, 0.2) is 66.7 Å². The van der Waals surface area contributed by atoms with E-state index >= 15 is 0 Å². The summed E-state index contributed by atoms with van der Waals surface area (Å²) in [5, 5.41) is 14.1. The summed E-state index contributed by atoms with van der Waals surface area (Å²) in [7, 11) is 0. The smallest absolute Gasteiger partial charge is 0.222 e. The largest absolute Gasteiger partial charge is 0.484 e. The number of carbonyl (C=O) groups is 1. The predicted molar refractivity (Wildman–Crippen MR) is 136 cm³/mol. The Morgan fingerprint density at radius 3 is 2.29 bits per heavy atom. The third-order valence-corrected chi connectivity index (χ3v) is 5.63. The van der Waals surface area contributed by atoms with E-state index in [1.165, 1.54) is 23.9 Å². The maximum Gasteiger partial charge on any atom is 0.222 e. The molecule has 0 aliphatic carbocycles. The van der Waals surface area contributed by atoms with Crippen molar-refractivity contribution in [1.82, 2.24) is 5.32 Å². The van der Waals surface area contributed by atoms with E-state index in [-0.39, 0.29) is 23.7 Å². The highest BCUT2D eigenvalue weighted by atomic mass is 19.1. The zero-order valence-corrected chi connectivity index (χ0v) is 20.1. The standard InChI is InChI=1S/C28H32FN3O2/c1-5-20-6-8-21(9-7-20)27(19(4)31-28(33)18(2)3)34-25-14-15-26(22(16-25)17-30)32-24-12-10-23(29)11-13-24/h6-19,27,30,32H,5H2,1-4H3,(H,31,33)/t19?,27-/m0/s1. The Hall–Kier alpha value is -3.67. The average molecular weight is 462 g/mol. The van der Waals surface area contributed by atoms with Crippen LogP contribution < -0.4 is 15.4 Å². The Balaban J connectivity index is 1.87. The van der Waals surface area contributed by atoms with E-state index < -0.39 is 6.10 Å². The van der Waals surface area contributed by atoms with Crippen LogP contribution in [0.3, 0.4) is 0 Å². The average Bonchev–Trinajstić information content (AvgIpc) is 2.84. The lowest BCUT2D eigenvalue weighted by Gasteiger charge is -2.27. The molecule has 5 nitrogen and oxygen atoms in total. The van der Waals surface area contributed by atoms with Gasteiger partial charge < -0.3 is 20.8 Å². The van der Waals surface area contributed by atoms with Crippen molar-refractivity contribution in [3.8, 4) is 5.75 Å². The second-order valence-electron chi connectivity index (χ2n) is 8.61. The molecule has 0 aromatic heterocycles. The minimum Gasteiger partial charge on any atom is -0.484 e. The van der Waals surface area contributed by atoms with Crippen LogP contribution >= 0.6 is 0 Å². The highest BCUT2D eigenvalue weighted by Crippen LogP contribution is 2.30. The zero-order chi connectivity index (χ0) is 24.7. The van der Waals surface area contributed by atoms with E-state index in [9.17, 15) is 9.18 Å². The van der Waals surface area contributed by atoms with Crippen molar-refractivity contribution in [3.63, 3.8) is 0 Å². The van der Waals surface area contributed by atoms with Gasteiger partial charge in [-0.2, -0.15) is 0 Å². The normalized spacial score (nSPS) is 12.6. The van der Waals surface area contributed by atoms with Gasteiger partial charge in [-0.15, -0.1) is 0 Å². The highest BCUT2D eigenvalue weighted by molar-refractivity contribution is 5.88. The third-order valence-electron chi connectivity index (χ3n) is 5.63. The topological polar surface area (TPSA) is 74.2 Å². The number of nitrogens with one attached hydrogen (secondary N) is 3. The van der Waals surface area contributed by atoms with Crippen LogP contribution in [0.2, 0.25) is 0 Å². The van der Waals surface area contributed by atoms with Crippen molar-refractivity contribution in [2.75, 3.05) is 5.32 Å². The molecule has 0 saturated carbocycles. The summed E-state index contributed by atoms with van der Waals surface area (Å²) in [5.41, 5.74) is 4.24. The SMILES string of the molecule is CCc1ccc([C@@H](Oc2ccc(Nc3ccc(F)cc3)c(C=N)c2)C(C)NC(=O)C(C)C)cc1. The van der Waals surface area contributed by atoms with Gasteiger partial charge in [-0.3, -0.25) is 4.79 Å². The van der Waals surface area contributed by atoms with E-state index in [1.54, 1.807) is 18.2 Å². The number of halogens is 1. The molecular formula is C28H32FN3O2. The van der Waals surface area contributed by atoms with Crippen LogP contribution in [-0.4, -0.2) is 18.2 Å². The number of aryl methyl sites for hydroxylation is 1. The molecule has 0 radical (unpaired) electrons. The molecule has 0 heterocycles. The highest BCUT2D eigenvalue weighted by Gasteiger charge is 2.24. The molecular weight excluding hydrogens is 429 g/mol. The summed E-state index contributed by atoms with van der Waals surface area (Å²) in [5.74, 6) is 0.105. The van der Waals surface area contributed by atoms with E-state index in [4.69, 9.17) is 10.1 Å². The minimum absolute atomic E-state index is 0.0368. The van der Waals surface area contributed by atoms with Crippen molar-refractivity contribution >= 4 is 23.5 Å². The summed E-state index contributed by atoms with van der Waals surface area (Å²) in [6, 6.07) is 19.4. The van der Waals surface area contributed by atoms with Crippen LogP contribution in [-0.2, 0) is 11.2 Å². The van der Waals surface area contributed by atoms with E-state index in [1.807, 2.05) is 45.0 Å². The molecule has 2 atom stereocenters. The fourth-order valence-electron chi connectivity index (χ4n) is 3.55. The summed E-state index contributed by atoms with van der Waals surface area (Å²) in [6.45, 7) is 7.75. The monoisotopic (exact) mass is 461 g/mol. The van der Waals surface area contributed by atoms with Crippen molar-refractivity contribution in [2.45, 2.75) is 46.3 Å². The predicted octanol–water partition coefficient (Wildman–Crippen LogP) is 6.41. The molecule has 1 unspecified atom stereocenters. The number of hydrogen-bond acceptors (Lipinski definition) is 4. The van der Waals surface area contributed by atoms with Gasteiger partial charge in [0.15, 0.2) is 0 Å². The third kappa shape index (κ3) is 6.44. The molecule has 3 aromatic rings. The van der Waals surface area contributed by atoms with Crippen molar-refractivity contribution in [2.24, 2.45) is 5.92 Å². The van der Waals surface area contributed by atoms with Crippen LogP contribution in [0.4, 0.5) is 15.8 Å². The molecule has 0 aliphatic rings. The van der Waals surface area contributed by atoms with Gasteiger partial charge in [-0.05, 0) is 66.9 Å². The molecule has 3 N–H and O–H groups in total. The Morgan fingerprint density at radius 2 is 1.71 bits per heavy atom. The Labute approximate surface area is 200 Å². The van der Waals surface area contributed by atoms with Gasteiger partial charge in [0.2, 0.25) is 5.91 Å². The molecule has 34 heavy (non-hydrogen) atoms. The van der Waals surface area contributed by atoms with E-state index in [2.05, 4.69) is 29.7 Å². The lowest BCUT2D eigenvalue weighted by molar-refractivity contribution is -0.125. The van der Waals surface area contributed by atoms with Gasteiger partial charge in [-0.1, -0.05) is 45.0 Å². The van der Waals surface area contributed by atoms with Crippen LogP contribution in [0.5, 0.6) is 5.75 Å². The first-order valence-corrected chi connectivity index (χ1v) is 11.5. The molecule has 3 aromatic carbocycles. The zero-order valence-electron chi connectivity index (χ0n) is 20.1. The second-order valence-corrected chi connectivity index (χ2v) is 8.61. The second kappa shape index (κ2) is 11.5. The molecule has 6 heteroatoms. The number of anilines is 2. The number of ether oxygens (including phenoxy) is 1. The first-order chi connectivity index (χ1) is 16.3. The fourth-order valence-corrected chi connectivity index (χ4v) is 3.55. The van der Waals surface area contributed by atoms with Gasteiger partial charge in [-0.25, -0.2) is 4.39 Å². The Morgan fingerprint density at radius 1 is 1.03 bits per heavy atom. The van der Waals surface area contributed by atoms with Gasteiger partial charge >= 0.3 is 0 Å². The number of amides is 1. The van der Waals surface area contributed by atoms with Crippen LogP contribution in [0, 0.1) is 17.1 Å². The number of hydrogen-bond donors (Lipinski definition) is 3. The Bertz CT molecular complexity index is 1110. The summed E-state index contributed by atoms with van der Waals surface area (Å²) >= 11 is 0. The molecule has 0 bridgehead atoms. The van der Waals surface area contributed by atoms with Crippen molar-refractivity contribution < 1.29 is 13.9 Å². The molecule has 178 valence electrons. The van der Waals surface area contributed by atoms with E-state index in [0.29, 0.717) is 17.0 Å².